The van der Waals surface area contributed by atoms with E-state index < -0.39 is 5.92 Å². The standard InChI is InChI=1S/C21H18N2OS2/c1-14-8-9-20(15(2)10-14)25-13-19(24)17(11-22)21-23-18(12-26-21)16-6-4-3-5-7-16/h3-10,12,17H,13H2,1-2H3. The molecule has 0 saturated carbocycles. The molecule has 0 spiro atoms. The van der Waals surface area contributed by atoms with E-state index in [-0.39, 0.29) is 11.5 Å². The SMILES string of the molecule is Cc1ccc(SCC(=O)C(C#N)c2nc(-c3ccccc3)cs2)c(C)c1. The van der Waals surface area contributed by atoms with Crippen LogP contribution in [0.15, 0.2) is 58.8 Å². The number of thioether (sulfide) groups is 1. The van der Waals surface area contributed by atoms with Crippen LogP contribution in [-0.4, -0.2) is 16.5 Å². The molecular formula is C21H18N2OS2. The quantitative estimate of drug-likeness (QED) is 0.539. The van der Waals surface area contributed by atoms with Gasteiger partial charge in [-0.1, -0.05) is 48.0 Å². The van der Waals surface area contributed by atoms with E-state index >= 15 is 0 Å². The summed E-state index contributed by atoms with van der Waals surface area (Å²) in [6.45, 7) is 4.08. The van der Waals surface area contributed by atoms with Crippen molar-refractivity contribution >= 4 is 28.9 Å². The van der Waals surface area contributed by atoms with Crippen LogP contribution in [0.1, 0.15) is 22.1 Å². The maximum absolute atomic E-state index is 12.6. The Bertz CT molecular complexity index is 958. The monoisotopic (exact) mass is 378 g/mol. The summed E-state index contributed by atoms with van der Waals surface area (Å²) in [4.78, 5) is 18.2. The number of Topliss-reactive ketones (excluding diaryl/α,β-unsaturated/α-hetero) is 1. The van der Waals surface area contributed by atoms with E-state index in [2.05, 4.69) is 17.1 Å². The van der Waals surface area contributed by atoms with Crippen LogP contribution in [0.25, 0.3) is 11.3 Å². The van der Waals surface area contributed by atoms with E-state index in [9.17, 15) is 10.1 Å². The van der Waals surface area contributed by atoms with E-state index in [1.165, 1.54) is 28.7 Å². The molecule has 26 heavy (non-hydrogen) atoms. The number of carbonyl (C=O) groups is 1. The van der Waals surface area contributed by atoms with E-state index in [0.717, 1.165) is 21.7 Å². The van der Waals surface area contributed by atoms with Crippen molar-refractivity contribution < 1.29 is 4.79 Å². The molecule has 5 heteroatoms. The zero-order valence-electron chi connectivity index (χ0n) is 14.6. The summed E-state index contributed by atoms with van der Waals surface area (Å²) >= 11 is 2.85. The average molecular weight is 379 g/mol. The summed E-state index contributed by atoms with van der Waals surface area (Å²) in [6, 6.07) is 18.1. The maximum atomic E-state index is 12.6. The number of aryl methyl sites for hydroxylation is 2. The van der Waals surface area contributed by atoms with Gasteiger partial charge in [0.15, 0.2) is 11.7 Å². The molecular weight excluding hydrogens is 360 g/mol. The van der Waals surface area contributed by atoms with Gasteiger partial charge in [0.2, 0.25) is 0 Å². The third-order valence-corrected chi connectivity index (χ3v) is 6.10. The molecule has 1 atom stereocenters. The summed E-state index contributed by atoms with van der Waals surface area (Å²) in [5, 5.41) is 12.0. The molecule has 0 bridgehead atoms. The highest BCUT2D eigenvalue weighted by molar-refractivity contribution is 8.00. The first kappa shape index (κ1) is 18.4. The average Bonchev–Trinajstić information content (AvgIpc) is 3.12. The first-order valence-corrected chi connectivity index (χ1v) is 10.1. The molecule has 0 fully saturated rings. The number of carbonyl (C=O) groups excluding carboxylic acids is 1. The molecule has 1 heterocycles. The first-order chi connectivity index (χ1) is 12.6. The van der Waals surface area contributed by atoms with E-state index in [4.69, 9.17) is 0 Å². The summed E-state index contributed by atoms with van der Waals surface area (Å²) < 4.78 is 0. The Morgan fingerprint density at radius 3 is 2.69 bits per heavy atom. The molecule has 2 aromatic carbocycles. The van der Waals surface area contributed by atoms with Crippen molar-refractivity contribution in [3.05, 3.63) is 70.0 Å². The summed E-state index contributed by atoms with van der Waals surface area (Å²) in [6.07, 6.45) is 0. The number of benzene rings is 2. The van der Waals surface area contributed by atoms with Crippen molar-refractivity contribution in [2.24, 2.45) is 0 Å². The topological polar surface area (TPSA) is 53.8 Å². The molecule has 3 nitrogen and oxygen atoms in total. The van der Waals surface area contributed by atoms with Gasteiger partial charge < -0.3 is 0 Å². The number of ketones is 1. The third-order valence-electron chi connectivity index (χ3n) is 3.99. The number of nitriles is 1. The summed E-state index contributed by atoms with van der Waals surface area (Å²) in [5.41, 5.74) is 4.14. The minimum absolute atomic E-state index is 0.105. The van der Waals surface area contributed by atoms with Gasteiger partial charge in [0.05, 0.1) is 17.5 Å². The Morgan fingerprint density at radius 2 is 2.00 bits per heavy atom. The highest BCUT2D eigenvalue weighted by atomic mass is 32.2. The molecule has 0 aliphatic carbocycles. The molecule has 0 aliphatic rings. The van der Waals surface area contributed by atoms with Gasteiger partial charge in [-0.25, -0.2) is 4.98 Å². The van der Waals surface area contributed by atoms with Crippen molar-refractivity contribution in [1.29, 1.82) is 5.26 Å². The highest BCUT2D eigenvalue weighted by Crippen LogP contribution is 2.29. The second-order valence-corrected chi connectivity index (χ2v) is 7.93. The van der Waals surface area contributed by atoms with E-state index in [1.54, 1.807) is 0 Å². The molecule has 0 saturated heterocycles. The van der Waals surface area contributed by atoms with Gasteiger partial charge >= 0.3 is 0 Å². The summed E-state index contributed by atoms with van der Waals surface area (Å²) in [7, 11) is 0. The molecule has 1 aromatic heterocycles. The highest BCUT2D eigenvalue weighted by Gasteiger charge is 2.24. The summed E-state index contributed by atoms with van der Waals surface area (Å²) in [5.74, 6) is -0.648. The Morgan fingerprint density at radius 1 is 1.23 bits per heavy atom. The second-order valence-electron chi connectivity index (χ2n) is 6.02. The number of hydrogen-bond acceptors (Lipinski definition) is 5. The minimum Gasteiger partial charge on any atom is -0.297 e. The van der Waals surface area contributed by atoms with Crippen molar-refractivity contribution in [3.63, 3.8) is 0 Å². The molecule has 0 N–H and O–H groups in total. The fourth-order valence-corrected chi connectivity index (χ4v) is 4.43. The first-order valence-electron chi connectivity index (χ1n) is 8.21. The lowest BCUT2D eigenvalue weighted by molar-refractivity contribution is -0.116. The van der Waals surface area contributed by atoms with Gasteiger partial charge in [0.1, 0.15) is 5.01 Å². The fourth-order valence-electron chi connectivity index (χ4n) is 2.62. The number of aromatic nitrogens is 1. The van der Waals surface area contributed by atoms with Gasteiger partial charge in [-0.15, -0.1) is 23.1 Å². The van der Waals surface area contributed by atoms with E-state index in [0.29, 0.717) is 5.01 Å². The Kier molecular flexibility index (Phi) is 5.87. The second kappa shape index (κ2) is 8.31. The molecule has 130 valence electrons. The van der Waals surface area contributed by atoms with Crippen LogP contribution in [0.3, 0.4) is 0 Å². The van der Waals surface area contributed by atoms with Gasteiger partial charge in [-0.3, -0.25) is 4.79 Å². The van der Waals surface area contributed by atoms with Gasteiger partial charge in [0, 0.05) is 15.8 Å². The van der Waals surface area contributed by atoms with Gasteiger partial charge in [-0.2, -0.15) is 5.26 Å². The van der Waals surface area contributed by atoms with Crippen LogP contribution in [0.4, 0.5) is 0 Å². The number of hydrogen-bond donors (Lipinski definition) is 0. The van der Waals surface area contributed by atoms with Crippen molar-refractivity contribution in [1.82, 2.24) is 4.98 Å². The lowest BCUT2D eigenvalue weighted by Crippen LogP contribution is -2.13. The Hall–Kier alpha value is -2.42. The fraction of sp³-hybridized carbons (Fsp3) is 0.190. The van der Waals surface area contributed by atoms with Gasteiger partial charge in [-0.05, 0) is 25.5 Å². The zero-order valence-corrected chi connectivity index (χ0v) is 16.2. The van der Waals surface area contributed by atoms with Gasteiger partial charge in [0.25, 0.3) is 0 Å². The zero-order chi connectivity index (χ0) is 18.5. The predicted octanol–water partition coefficient (Wildman–Crippen LogP) is 5.40. The lowest BCUT2D eigenvalue weighted by atomic mass is 10.1. The Balaban J connectivity index is 1.71. The lowest BCUT2D eigenvalue weighted by Gasteiger charge is -2.08. The van der Waals surface area contributed by atoms with Crippen molar-refractivity contribution in [2.75, 3.05) is 5.75 Å². The molecule has 1 unspecified atom stereocenters. The largest absolute Gasteiger partial charge is 0.297 e. The number of nitrogens with zero attached hydrogens (tertiary/aromatic N) is 2. The third kappa shape index (κ3) is 4.21. The molecule has 3 aromatic rings. The van der Waals surface area contributed by atoms with Crippen LogP contribution in [0.5, 0.6) is 0 Å². The van der Waals surface area contributed by atoms with Crippen molar-refractivity contribution in [2.45, 2.75) is 24.7 Å². The number of thiazole rings is 1. The molecule has 0 radical (unpaired) electrons. The van der Waals surface area contributed by atoms with Crippen LogP contribution in [-0.2, 0) is 4.79 Å². The molecule has 0 amide bonds. The van der Waals surface area contributed by atoms with Crippen LogP contribution < -0.4 is 0 Å². The normalized spacial score (nSPS) is 11.7. The van der Waals surface area contributed by atoms with E-state index in [1.807, 2.05) is 61.7 Å². The van der Waals surface area contributed by atoms with Crippen LogP contribution in [0, 0.1) is 25.2 Å². The Labute approximate surface area is 161 Å². The van der Waals surface area contributed by atoms with Crippen molar-refractivity contribution in [3.8, 4) is 17.3 Å². The van der Waals surface area contributed by atoms with Crippen LogP contribution >= 0.6 is 23.1 Å². The molecule has 0 aliphatic heterocycles. The van der Waals surface area contributed by atoms with Crippen LogP contribution in [0.2, 0.25) is 0 Å². The smallest absolute Gasteiger partial charge is 0.167 e. The molecule has 3 rings (SSSR count). The minimum atomic E-state index is -0.810. The number of rotatable bonds is 6. The predicted molar refractivity (Wildman–Crippen MR) is 108 cm³/mol. The maximum Gasteiger partial charge on any atom is 0.167 e.